The molecule has 1 aliphatic carbocycles. The molecule has 1 aliphatic rings. The second-order valence-electron chi connectivity index (χ2n) is 6.98. The molecule has 0 aromatic rings. The van der Waals surface area contributed by atoms with Crippen molar-refractivity contribution in [2.75, 3.05) is 27.2 Å². The molecule has 0 spiro atoms. The molecule has 1 fully saturated rings. The van der Waals surface area contributed by atoms with E-state index in [4.69, 9.17) is 4.74 Å². The van der Waals surface area contributed by atoms with E-state index in [1.54, 1.807) is 0 Å². The molecule has 2 atom stereocenters. The Morgan fingerprint density at radius 2 is 2.10 bits per heavy atom. The fourth-order valence-corrected chi connectivity index (χ4v) is 2.75. The van der Waals surface area contributed by atoms with Gasteiger partial charge in [-0.3, -0.25) is 10.1 Å². The number of nitrogens with one attached hydrogen (secondary N) is 1. The van der Waals surface area contributed by atoms with Gasteiger partial charge in [0.15, 0.2) is 0 Å². The predicted octanol–water partition coefficient (Wildman–Crippen LogP) is 2.82. The van der Waals surface area contributed by atoms with Crippen molar-refractivity contribution in [3.63, 3.8) is 0 Å². The van der Waals surface area contributed by atoms with Gasteiger partial charge < -0.3 is 9.64 Å². The summed E-state index contributed by atoms with van der Waals surface area (Å²) in [4.78, 5) is 14.4. The van der Waals surface area contributed by atoms with Gasteiger partial charge in [0.05, 0.1) is 7.11 Å². The van der Waals surface area contributed by atoms with Crippen molar-refractivity contribution < 1.29 is 9.53 Å². The first-order valence-corrected chi connectivity index (χ1v) is 8.46. The molecule has 0 aromatic heterocycles. The molecular weight excluding hydrogens is 264 g/mol. The third kappa shape index (κ3) is 6.79. The van der Waals surface area contributed by atoms with Gasteiger partial charge in [-0.15, -0.1) is 0 Å². The van der Waals surface area contributed by atoms with Crippen LogP contribution in [0.1, 0.15) is 59.3 Å². The van der Waals surface area contributed by atoms with E-state index in [0.717, 1.165) is 38.3 Å². The molecule has 0 aromatic carbocycles. The Hall–Kier alpha value is -0.610. The van der Waals surface area contributed by atoms with Crippen molar-refractivity contribution in [2.45, 2.75) is 70.9 Å². The van der Waals surface area contributed by atoms with Crippen LogP contribution >= 0.6 is 0 Å². The van der Waals surface area contributed by atoms with E-state index in [-0.39, 0.29) is 5.97 Å². The van der Waals surface area contributed by atoms with E-state index in [1.807, 2.05) is 6.92 Å². The molecule has 0 amide bonds. The summed E-state index contributed by atoms with van der Waals surface area (Å²) in [5.74, 6) is 0.634. The first-order valence-electron chi connectivity index (χ1n) is 8.46. The van der Waals surface area contributed by atoms with Gasteiger partial charge in [-0.1, -0.05) is 20.3 Å². The normalized spacial score (nSPS) is 19.3. The van der Waals surface area contributed by atoms with Crippen LogP contribution in [0.25, 0.3) is 0 Å². The molecule has 4 nitrogen and oxygen atoms in total. The highest BCUT2D eigenvalue weighted by Crippen LogP contribution is 2.26. The zero-order valence-corrected chi connectivity index (χ0v) is 14.6. The second-order valence-corrected chi connectivity index (χ2v) is 6.98. The number of ether oxygens (including phenoxy) is 1. The number of nitrogens with zero attached hydrogens (tertiary/aromatic N) is 1. The Bertz CT molecular complexity index is 318. The summed E-state index contributed by atoms with van der Waals surface area (Å²) in [6, 6.07) is 0.516. The smallest absolute Gasteiger partial charge is 0.325 e. The molecule has 0 aliphatic heterocycles. The SMILES string of the molecule is CCC(C)CN(C)CCCCC(C)(NC1CC1)C(=O)OC. The van der Waals surface area contributed by atoms with Crippen LogP contribution in [0.4, 0.5) is 0 Å². The summed E-state index contributed by atoms with van der Waals surface area (Å²) in [6.07, 6.45) is 6.64. The van der Waals surface area contributed by atoms with E-state index >= 15 is 0 Å². The van der Waals surface area contributed by atoms with Crippen molar-refractivity contribution in [1.82, 2.24) is 10.2 Å². The van der Waals surface area contributed by atoms with Gasteiger partial charge >= 0.3 is 5.97 Å². The van der Waals surface area contributed by atoms with Gasteiger partial charge in [0.25, 0.3) is 0 Å². The van der Waals surface area contributed by atoms with Crippen molar-refractivity contribution in [3.8, 4) is 0 Å². The topological polar surface area (TPSA) is 41.6 Å². The third-order valence-electron chi connectivity index (χ3n) is 4.52. The third-order valence-corrected chi connectivity index (χ3v) is 4.52. The van der Waals surface area contributed by atoms with Crippen molar-refractivity contribution in [2.24, 2.45) is 5.92 Å². The van der Waals surface area contributed by atoms with Crippen LogP contribution in [-0.4, -0.2) is 49.7 Å². The van der Waals surface area contributed by atoms with Gasteiger partial charge in [-0.05, 0) is 58.5 Å². The minimum Gasteiger partial charge on any atom is -0.468 e. The summed E-state index contributed by atoms with van der Waals surface area (Å²) in [5, 5.41) is 3.46. The monoisotopic (exact) mass is 298 g/mol. The number of methoxy groups -OCH3 is 1. The highest BCUT2D eigenvalue weighted by Gasteiger charge is 2.38. The van der Waals surface area contributed by atoms with Crippen LogP contribution < -0.4 is 5.32 Å². The largest absolute Gasteiger partial charge is 0.468 e. The van der Waals surface area contributed by atoms with E-state index in [0.29, 0.717) is 6.04 Å². The molecule has 0 bridgehead atoms. The van der Waals surface area contributed by atoms with Crippen molar-refractivity contribution in [1.29, 1.82) is 0 Å². The highest BCUT2D eigenvalue weighted by atomic mass is 16.5. The molecule has 4 heteroatoms. The van der Waals surface area contributed by atoms with Crippen LogP contribution in [0.15, 0.2) is 0 Å². The molecule has 0 radical (unpaired) electrons. The number of esters is 1. The Kier molecular flexibility index (Phi) is 7.67. The Labute approximate surface area is 130 Å². The van der Waals surface area contributed by atoms with Gasteiger partial charge in [0, 0.05) is 12.6 Å². The average molecular weight is 298 g/mol. The van der Waals surface area contributed by atoms with E-state index < -0.39 is 5.54 Å². The molecule has 1 rings (SSSR count). The Morgan fingerprint density at radius 3 is 2.62 bits per heavy atom. The summed E-state index contributed by atoms with van der Waals surface area (Å²) in [5.41, 5.74) is -0.509. The maximum absolute atomic E-state index is 12.0. The van der Waals surface area contributed by atoms with Crippen LogP contribution in [0.2, 0.25) is 0 Å². The fraction of sp³-hybridized carbons (Fsp3) is 0.941. The van der Waals surface area contributed by atoms with E-state index in [2.05, 4.69) is 31.1 Å². The number of carbonyl (C=O) groups excluding carboxylic acids is 1. The first kappa shape index (κ1) is 18.4. The second kappa shape index (κ2) is 8.74. The van der Waals surface area contributed by atoms with Crippen molar-refractivity contribution >= 4 is 5.97 Å². The van der Waals surface area contributed by atoms with Crippen molar-refractivity contribution in [3.05, 3.63) is 0 Å². The van der Waals surface area contributed by atoms with Gasteiger partial charge in [0.1, 0.15) is 5.54 Å². The zero-order chi connectivity index (χ0) is 15.9. The van der Waals surface area contributed by atoms with Gasteiger partial charge in [0.2, 0.25) is 0 Å². The zero-order valence-electron chi connectivity index (χ0n) is 14.6. The first-order chi connectivity index (χ1) is 9.91. The number of carbonyl (C=O) groups is 1. The van der Waals surface area contributed by atoms with Crippen LogP contribution in [0.3, 0.4) is 0 Å². The highest BCUT2D eigenvalue weighted by molar-refractivity contribution is 5.80. The molecule has 124 valence electrons. The number of hydrogen-bond donors (Lipinski definition) is 1. The molecule has 1 saturated carbocycles. The quantitative estimate of drug-likeness (QED) is 0.470. The van der Waals surface area contributed by atoms with Gasteiger partial charge in [-0.2, -0.15) is 0 Å². The lowest BCUT2D eigenvalue weighted by Gasteiger charge is -2.28. The number of rotatable bonds is 11. The lowest BCUT2D eigenvalue weighted by molar-refractivity contribution is -0.148. The van der Waals surface area contributed by atoms with Crippen LogP contribution in [0.5, 0.6) is 0 Å². The molecule has 2 unspecified atom stereocenters. The maximum atomic E-state index is 12.0. The molecule has 21 heavy (non-hydrogen) atoms. The van der Waals surface area contributed by atoms with E-state index in [9.17, 15) is 4.79 Å². The summed E-state index contributed by atoms with van der Waals surface area (Å²) in [7, 11) is 3.67. The van der Waals surface area contributed by atoms with Crippen LogP contribution in [-0.2, 0) is 9.53 Å². The lowest BCUT2D eigenvalue weighted by Crippen LogP contribution is -2.51. The Morgan fingerprint density at radius 1 is 1.43 bits per heavy atom. The minimum absolute atomic E-state index is 0.123. The minimum atomic E-state index is -0.509. The average Bonchev–Trinajstić information content (AvgIpc) is 3.26. The fourth-order valence-electron chi connectivity index (χ4n) is 2.75. The van der Waals surface area contributed by atoms with E-state index in [1.165, 1.54) is 26.4 Å². The molecular formula is C17H34N2O2. The standard InChI is InChI=1S/C17H34N2O2/c1-6-14(2)13-19(4)12-8-7-11-17(3,16(20)21-5)18-15-9-10-15/h14-15,18H,6-13H2,1-5H3. The Balaban J connectivity index is 2.28. The molecule has 1 N–H and O–H groups in total. The summed E-state index contributed by atoms with van der Waals surface area (Å²) < 4.78 is 4.98. The lowest BCUT2D eigenvalue weighted by atomic mass is 9.94. The predicted molar refractivity (Wildman–Crippen MR) is 87.4 cm³/mol. The maximum Gasteiger partial charge on any atom is 0.325 e. The molecule has 0 heterocycles. The summed E-state index contributed by atoms with van der Waals surface area (Å²) in [6.45, 7) is 8.78. The number of hydrogen-bond acceptors (Lipinski definition) is 4. The van der Waals surface area contributed by atoms with Crippen LogP contribution in [0, 0.1) is 5.92 Å². The summed E-state index contributed by atoms with van der Waals surface area (Å²) >= 11 is 0. The van der Waals surface area contributed by atoms with Gasteiger partial charge in [-0.25, -0.2) is 0 Å². The number of unbranched alkanes of at least 4 members (excludes halogenated alkanes) is 1. The molecule has 0 saturated heterocycles.